The third kappa shape index (κ3) is 6.15. The lowest BCUT2D eigenvalue weighted by atomic mass is 9.85. The number of rotatable bonds is 13. The van der Waals surface area contributed by atoms with E-state index >= 15 is 0 Å². The molecule has 0 amide bonds. The van der Waals surface area contributed by atoms with Gasteiger partial charge in [-0.05, 0) is 56.8 Å². The highest BCUT2D eigenvalue weighted by molar-refractivity contribution is 5.14. The maximum absolute atomic E-state index is 4.50. The lowest BCUT2D eigenvalue weighted by molar-refractivity contribution is 0.251. The Morgan fingerprint density at radius 3 is 2.12 bits per heavy atom. The quantitative estimate of drug-likeness (QED) is 0.329. The molecule has 1 heteroatoms. The van der Waals surface area contributed by atoms with Gasteiger partial charge in [0, 0.05) is 18.8 Å². The van der Waals surface area contributed by atoms with Crippen LogP contribution in [-0.2, 0) is 0 Å². The van der Waals surface area contributed by atoms with Crippen LogP contribution in [0.4, 0.5) is 0 Å². The summed E-state index contributed by atoms with van der Waals surface area (Å²) in [5.74, 6) is 2.17. The highest BCUT2D eigenvalue weighted by atomic mass is 15.1. The smallest absolute Gasteiger partial charge is 0.0499 e. The van der Waals surface area contributed by atoms with Crippen molar-refractivity contribution in [1.82, 2.24) is 4.90 Å². The number of hydrogen-bond donors (Lipinski definition) is 0. The van der Waals surface area contributed by atoms with Crippen LogP contribution in [0.15, 0.2) is 36.6 Å². The average Bonchev–Trinajstić information content (AvgIpc) is 3.38. The first kappa shape index (κ1) is 21.1. The normalized spacial score (nSPS) is 17.9. The molecule has 3 atom stereocenters. The maximum Gasteiger partial charge on any atom is 0.0499 e. The van der Waals surface area contributed by atoms with Crippen molar-refractivity contribution in [3.63, 3.8) is 0 Å². The Balaban J connectivity index is 2.85. The minimum Gasteiger partial charge on any atom is -0.371 e. The fourth-order valence-electron chi connectivity index (χ4n) is 3.80. The minimum absolute atomic E-state index is 0.393. The third-order valence-electron chi connectivity index (χ3n) is 5.97. The monoisotopic (exact) mass is 331 g/mol. The van der Waals surface area contributed by atoms with Crippen molar-refractivity contribution in [2.75, 3.05) is 7.05 Å². The first-order valence-electron chi connectivity index (χ1n) is 10.1. The molecule has 1 rings (SSSR count). The zero-order chi connectivity index (χ0) is 18.3. The molecule has 1 aliphatic rings. The van der Waals surface area contributed by atoms with Gasteiger partial charge in [0.1, 0.15) is 0 Å². The fraction of sp³-hybridized carbons (Fsp3) is 0.739. The van der Waals surface area contributed by atoms with E-state index in [1.165, 1.54) is 55.4 Å². The van der Waals surface area contributed by atoms with Gasteiger partial charge >= 0.3 is 0 Å². The topological polar surface area (TPSA) is 3.24 Å². The maximum atomic E-state index is 4.50. The van der Waals surface area contributed by atoms with E-state index < -0.39 is 0 Å². The molecule has 0 aromatic carbocycles. The summed E-state index contributed by atoms with van der Waals surface area (Å²) < 4.78 is 0. The summed E-state index contributed by atoms with van der Waals surface area (Å²) in [7, 11) is 2.24. The van der Waals surface area contributed by atoms with Gasteiger partial charge in [-0.15, -0.1) is 0 Å². The summed E-state index contributed by atoms with van der Waals surface area (Å²) in [6.45, 7) is 22.1. The van der Waals surface area contributed by atoms with Crippen LogP contribution in [0.3, 0.4) is 0 Å². The highest BCUT2D eigenvalue weighted by Crippen LogP contribution is 2.39. The Hall–Kier alpha value is -0.980. The molecular weight excluding hydrogens is 290 g/mol. The van der Waals surface area contributed by atoms with Crippen molar-refractivity contribution in [2.45, 2.75) is 85.1 Å². The molecule has 0 aromatic rings. The number of likely N-dealkylation sites (N-methyl/N-ethyl adjacent to an activating group) is 1. The van der Waals surface area contributed by atoms with Crippen LogP contribution in [-0.4, -0.2) is 18.0 Å². The molecule has 1 saturated carbocycles. The highest BCUT2D eigenvalue weighted by Gasteiger charge is 2.30. The molecule has 0 N–H and O–H groups in total. The molecule has 0 radical (unpaired) electrons. The summed E-state index contributed by atoms with van der Waals surface area (Å²) >= 11 is 0. The number of hydrogen-bond acceptors (Lipinski definition) is 1. The number of nitrogens with zero attached hydrogens (tertiary/aromatic N) is 1. The molecule has 0 aliphatic heterocycles. The molecule has 0 saturated heterocycles. The molecule has 0 aromatic heterocycles. The van der Waals surface area contributed by atoms with Gasteiger partial charge in [-0.25, -0.2) is 0 Å². The van der Waals surface area contributed by atoms with Crippen LogP contribution in [0, 0.1) is 17.8 Å². The average molecular weight is 332 g/mol. The van der Waals surface area contributed by atoms with Crippen LogP contribution in [0.2, 0.25) is 0 Å². The van der Waals surface area contributed by atoms with E-state index in [0.29, 0.717) is 17.9 Å². The van der Waals surface area contributed by atoms with Crippen LogP contribution < -0.4 is 0 Å². The molecule has 24 heavy (non-hydrogen) atoms. The predicted octanol–water partition coefficient (Wildman–Crippen LogP) is 6.98. The first-order chi connectivity index (χ1) is 11.3. The van der Waals surface area contributed by atoms with Gasteiger partial charge in [0.15, 0.2) is 0 Å². The fourth-order valence-corrected chi connectivity index (χ4v) is 3.80. The Bertz CT molecular complexity index is 429. The first-order valence-corrected chi connectivity index (χ1v) is 10.1. The van der Waals surface area contributed by atoms with E-state index in [2.05, 4.69) is 59.4 Å². The molecule has 3 unspecified atom stereocenters. The lowest BCUT2D eigenvalue weighted by Gasteiger charge is -2.38. The Morgan fingerprint density at radius 1 is 1.08 bits per heavy atom. The third-order valence-corrected chi connectivity index (χ3v) is 5.97. The summed E-state index contributed by atoms with van der Waals surface area (Å²) in [6, 6.07) is 0.393. The zero-order valence-electron chi connectivity index (χ0n) is 17.0. The van der Waals surface area contributed by atoms with Gasteiger partial charge in [-0.3, -0.25) is 0 Å². The van der Waals surface area contributed by atoms with Crippen molar-refractivity contribution in [2.24, 2.45) is 17.8 Å². The Morgan fingerprint density at radius 2 is 1.71 bits per heavy atom. The van der Waals surface area contributed by atoms with Gasteiger partial charge in [0.05, 0.1) is 0 Å². The summed E-state index contributed by atoms with van der Waals surface area (Å²) in [5.41, 5.74) is 3.97. The van der Waals surface area contributed by atoms with E-state index in [0.717, 1.165) is 18.8 Å². The van der Waals surface area contributed by atoms with Crippen molar-refractivity contribution in [3.8, 4) is 0 Å². The molecule has 0 heterocycles. The van der Waals surface area contributed by atoms with Crippen LogP contribution in [0.1, 0.15) is 79.1 Å². The molecule has 1 aliphatic carbocycles. The minimum atomic E-state index is 0.393. The van der Waals surface area contributed by atoms with Crippen LogP contribution in [0.25, 0.3) is 0 Å². The largest absolute Gasteiger partial charge is 0.371 e. The molecule has 0 bridgehead atoms. The van der Waals surface area contributed by atoms with Gasteiger partial charge in [0.2, 0.25) is 0 Å². The van der Waals surface area contributed by atoms with E-state index in [1.807, 2.05) is 0 Å². The van der Waals surface area contributed by atoms with E-state index in [1.54, 1.807) is 0 Å². The van der Waals surface area contributed by atoms with Crippen molar-refractivity contribution < 1.29 is 0 Å². The van der Waals surface area contributed by atoms with Crippen molar-refractivity contribution >= 4 is 0 Å². The van der Waals surface area contributed by atoms with Gasteiger partial charge < -0.3 is 4.90 Å². The summed E-state index contributed by atoms with van der Waals surface area (Å²) in [4.78, 5) is 2.45. The van der Waals surface area contributed by atoms with E-state index in [9.17, 15) is 0 Å². The zero-order valence-corrected chi connectivity index (χ0v) is 17.0. The standard InChI is InChI=1S/C23H41N/c1-9-12-22(17(4)5)16-23(18(6)10-2)24(8)19(7)21(11-3)15-20-13-14-20/h20-23H,4,6-7,9-16H2,1-3,5,8H3. The second-order valence-electron chi connectivity index (χ2n) is 7.98. The molecule has 0 spiro atoms. The van der Waals surface area contributed by atoms with Gasteiger partial charge in [0.25, 0.3) is 0 Å². The molecular formula is C23H41N. The van der Waals surface area contributed by atoms with E-state index in [-0.39, 0.29) is 0 Å². The Kier molecular flexibility index (Phi) is 8.87. The predicted molar refractivity (Wildman–Crippen MR) is 109 cm³/mol. The summed E-state index contributed by atoms with van der Waals surface area (Å²) in [6.07, 6.45) is 9.98. The second-order valence-corrected chi connectivity index (χ2v) is 7.98. The summed E-state index contributed by atoms with van der Waals surface area (Å²) in [5, 5.41) is 0. The molecule has 138 valence electrons. The van der Waals surface area contributed by atoms with Gasteiger partial charge in [-0.2, -0.15) is 0 Å². The Labute approximate surface area is 151 Å². The number of allylic oxidation sites excluding steroid dienone is 2. The SMILES string of the molecule is C=C(C)C(CCC)CC(C(=C)CC)N(C)C(=C)C(CC)CC1CC1. The van der Waals surface area contributed by atoms with Crippen LogP contribution in [0.5, 0.6) is 0 Å². The molecule has 1 fully saturated rings. The molecule has 1 nitrogen and oxygen atoms in total. The van der Waals surface area contributed by atoms with Crippen LogP contribution >= 0.6 is 0 Å². The van der Waals surface area contributed by atoms with Crippen molar-refractivity contribution in [3.05, 3.63) is 36.6 Å². The lowest BCUT2D eigenvalue weighted by Crippen LogP contribution is -2.36. The van der Waals surface area contributed by atoms with Gasteiger partial charge in [-0.1, -0.05) is 70.9 Å². The van der Waals surface area contributed by atoms with Crippen molar-refractivity contribution in [1.29, 1.82) is 0 Å². The van der Waals surface area contributed by atoms with E-state index in [4.69, 9.17) is 0 Å². The second kappa shape index (κ2) is 10.1.